The van der Waals surface area contributed by atoms with Crippen LogP contribution in [-0.2, 0) is 0 Å². The van der Waals surface area contributed by atoms with Gasteiger partial charge in [-0.2, -0.15) is 0 Å². The molecule has 1 heterocycles. The molecule has 0 amide bonds. The van der Waals surface area contributed by atoms with Gasteiger partial charge in [-0.25, -0.2) is 0 Å². The van der Waals surface area contributed by atoms with E-state index >= 15 is 0 Å². The lowest BCUT2D eigenvalue weighted by Gasteiger charge is -2.34. The van der Waals surface area contributed by atoms with E-state index in [2.05, 4.69) is 23.9 Å². The predicted molar refractivity (Wildman–Crippen MR) is 78.7 cm³/mol. The zero-order chi connectivity index (χ0) is 13.8. The molecule has 1 fully saturated rings. The van der Waals surface area contributed by atoms with Crippen molar-refractivity contribution < 1.29 is 4.79 Å². The van der Waals surface area contributed by atoms with E-state index in [1.165, 1.54) is 0 Å². The summed E-state index contributed by atoms with van der Waals surface area (Å²) in [4.78, 5) is 16.9. The Balaban J connectivity index is 1.89. The van der Waals surface area contributed by atoms with Crippen molar-refractivity contribution in [1.82, 2.24) is 9.80 Å². The first kappa shape index (κ1) is 14.2. The van der Waals surface area contributed by atoms with Crippen molar-refractivity contribution in [2.45, 2.75) is 25.8 Å². The van der Waals surface area contributed by atoms with Crippen LogP contribution in [-0.4, -0.2) is 55.4 Å². The number of rotatable bonds is 4. The lowest BCUT2D eigenvalue weighted by Crippen LogP contribution is -2.43. The van der Waals surface area contributed by atoms with E-state index in [0.29, 0.717) is 12.6 Å². The third-order valence-electron chi connectivity index (χ3n) is 4.10. The van der Waals surface area contributed by atoms with Crippen LogP contribution in [0.25, 0.3) is 0 Å². The quantitative estimate of drug-likeness (QED) is 0.775. The SMILES string of the molecule is Cc1ccccc1C(=O)CN1CCC(N(C)C)CC1. The highest BCUT2D eigenvalue weighted by Gasteiger charge is 2.22. The highest BCUT2D eigenvalue weighted by molar-refractivity contribution is 5.98. The molecule has 1 aromatic rings. The molecule has 0 radical (unpaired) electrons. The molecule has 3 nitrogen and oxygen atoms in total. The molecule has 1 aromatic carbocycles. The summed E-state index contributed by atoms with van der Waals surface area (Å²) in [7, 11) is 4.28. The molecular formula is C16H24N2O. The summed E-state index contributed by atoms with van der Waals surface area (Å²) in [5, 5.41) is 0. The van der Waals surface area contributed by atoms with Gasteiger partial charge in [0.1, 0.15) is 0 Å². The van der Waals surface area contributed by atoms with Crippen LogP contribution in [0.2, 0.25) is 0 Å². The summed E-state index contributed by atoms with van der Waals surface area (Å²) in [5.74, 6) is 0.251. The number of carbonyl (C=O) groups excluding carboxylic acids is 1. The molecule has 0 bridgehead atoms. The van der Waals surface area contributed by atoms with Crippen LogP contribution >= 0.6 is 0 Å². The van der Waals surface area contributed by atoms with Crippen molar-refractivity contribution in [3.05, 3.63) is 35.4 Å². The molecule has 1 saturated heterocycles. The summed E-state index contributed by atoms with van der Waals surface area (Å²) in [5.41, 5.74) is 1.95. The van der Waals surface area contributed by atoms with Gasteiger partial charge in [0, 0.05) is 24.7 Å². The molecule has 1 aliphatic rings. The van der Waals surface area contributed by atoms with E-state index in [4.69, 9.17) is 0 Å². The smallest absolute Gasteiger partial charge is 0.177 e. The number of aryl methyl sites for hydroxylation is 1. The van der Waals surface area contributed by atoms with Gasteiger partial charge in [-0.1, -0.05) is 24.3 Å². The molecule has 0 N–H and O–H groups in total. The molecule has 1 aliphatic heterocycles. The van der Waals surface area contributed by atoms with Gasteiger partial charge in [0.15, 0.2) is 5.78 Å². The number of carbonyl (C=O) groups is 1. The van der Waals surface area contributed by atoms with E-state index in [1.807, 2.05) is 31.2 Å². The maximum Gasteiger partial charge on any atom is 0.177 e. The van der Waals surface area contributed by atoms with Gasteiger partial charge in [-0.3, -0.25) is 9.69 Å². The average molecular weight is 260 g/mol. The van der Waals surface area contributed by atoms with Crippen LogP contribution in [0, 0.1) is 6.92 Å². The number of likely N-dealkylation sites (tertiary alicyclic amines) is 1. The van der Waals surface area contributed by atoms with Crippen molar-refractivity contribution in [3.63, 3.8) is 0 Å². The lowest BCUT2D eigenvalue weighted by atomic mass is 10.0. The first-order chi connectivity index (χ1) is 9.08. The molecule has 104 valence electrons. The Hall–Kier alpha value is -1.19. The first-order valence-corrected chi connectivity index (χ1v) is 7.05. The molecule has 0 spiro atoms. The predicted octanol–water partition coefficient (Wildman–Crippen LogP) is 2.20. The van der Waals surface area contributed by atoms with Crippen LogP contribution in [0.5, 0.6) is 0 Å². The number of ketones is 1. The van der Waals surface area contributed by atoms with Gasteiger partial charge in [-0.15, -0.1) is 0 Å². The van der Waals surface area contributed by atoms with Crippen molar-refractivity contribution in [1.29, 1.82) is 0 Å². The molecule has 19 heavy (non-hydrogen) atoms. The molecular weight excluding hydrogens is 236 g/mol. The minimum atomic E-state index is 0.251. The summed E-state index contributed by atoms with van der Waals surface area (Å²) in [6, 6.07) is 8.54. The highest BCUT2D eigenvalue weighted by atomic mass is 16.1. The van der Waals surface area contributed by atoms with Gasteiger partial charge in [0.25, 0.3) is 0 Å². The topological polar surface area (TPSA) is 23.6 Å². The fourth-order valence-corrected chi connectivity index (χ4v) is 2.77. The molecule has 2 rings (SSSR count). The van der Waals surface area contributed by atoms with E-state index in [-0.39, 0.29) is 5.78 Å². The number of benzene rings is 1. The summed E-state index contributed by atoms with van der Waals surface area (Å²) < 4.78 is 0. The number of hydrogen-bond donors (Lipinski definition) is 0. The Morgan fingerprint density at radius 2 is 1.89 bits per heavy atom. The molecule has 0 saturated carbocycles. The Morgan fingerprint density at radius 3 is 2.47 bits per heavy atom. The van der Waals surface area contributed by atoms with Gasteiger partial charge >= 0.3 is 0 Å². The number of piperidine rings is 1. The van der Waals surface area contributed by atoms with E-state index in [1.54, 1.807) is 0 Å². The van der Waals surface area contributed by atoms with Gasteiger partial charge in [0.05, 0.1) is 6.54 Å². The number of nitrogens with zero attached hydrogens (tertiary/aromatic N) is 2. The van der Waals surface area contributed by atoms with E-state index in [0.717, 1.165) is 37.1 Å². The standard InChI is InChI=1S/C16H24N2O/c1-13-6-4-5-7-15(13)16(19)12-18-10-8-14(9-11-18)17(2)3/h4-7,14H,8-12H2,1-3H3. The fraction of sp³-hybridized carbons (Fsp3) is 0.562. The van der Waals surface area contributed by atoms with Crippen LogP contribution in [0.3, 0.4) is 0 Å². The van der Waals surface area contributed by atoms with Gasteiger partial charge < -0.3 is 4.90 Å². The Kier molecular flexibility index (Phi) is 4.72. The Labute approximate surface area is 116 Å². The number of hydrogen-bond acceptors (Lipinski definition) is 3. The van der Waals surface area contributed by atoms with Gasteiger partial charge in [0.2, 0.25) is 0 Å². The minimum absolute atomic E-state index is 0.251. The maximum absolute atomic E-state index is 12.3. The average Bonchev–Trinajstić information content (AvgIpc) is 2.39. The van der Waals surface area contributed by atoms with Gasteiger partial charge in [-0.05, 0) is 39.4 Å². The maximum atomic E-state index is 12.3. The monoisotopic (exact) mass is 260 g/mol. The van der Waals surface area contributed by atoms with Crippen molar-refractivity contribution in [2.24, 2.45) is 0 Å². The van der Waals surface area contributed by atoms with Crippen LogP contribution < -0.4 is 0 Å². The highest BCUT2D eigenvalue weighted by Crippen LogP contribution is 2.15. The summed E-state index contributed by atoms with van der Waals surface area (Å²) >= 11 is 0. The van der Waals surface area contributed by atoms with Crippen molar-refractivity contribution in [3.8, 4) is 0 Å². The zero-order valence-corrected chi connectivity index (χ0v) is 12.2. The molecule has 0 aromatic heterocycles. The minimum Gasteiger partial charge on any atom is -0.306 e. The van der Waals surface area contributed by atoms with Crippen molar-refractivity contribution in [2.75, 3.05) is 33.7 Å². The summed E-state index contributed by atoms with van der Waals surface area (Å²) in [6.07, 6.45) is 2.32. The van der Waals surface area contributed by atoms with E-state index in [9.17, 15) is 4.79 Å². The number of Topliss-reactive ketones (excluding diaryl/α,β-unsaturated/α-hetero) is 1. The molecule has 0 unspecified atom stereocenters. The lowest BCUT2D eigenvalue weighted by molar-refractivity contribution is 0.0873. The second kappa shape index (κ2) is 6.31. The zero-order valence-electron chi connectivity index (χ0n) is 12.2. The largest absolute Gasteiger partial charge is 0.306 e. The molecule has 3 heteroatoms. The van der Waals surface area contributed by atoms with E-state index < -0.39 is 0 Å². The summed E-state index contributed by atoms with van der Waals surface area (Å²) in [6.45, 7) is 4.62. The van der Waals surface area contributed by atoms with Crippen molar-refractivity contribution >= 4 is 5.78 Å². The fourth-order valence-electron chi connectivity index (χ4n) is 2.77. The third kappa shape index (κ3) is 3.64. The second-order valence-electron chi connectivity index (χ2n) is 5.71. The Morgan fingerprint density at radius 1 is 1.26 bits per heavy atom. The third-order valence-corrected chi connectivity index (χ3v) is 4.10. The van der Waals surface area contributed by atoms with Crippen LogP contribution in [0.4, 0.5) is 0 Å². The second-order valence-corrected chi connectivity index (χ2v) is 5.71. The first-order valence-electron chi connectivity index (χ1n) is 7.05. The van der Waals surface area contributed by atoms with Crippen LogP contribution in [0.1, 0.15) is 28.8 Å². The Bertz CT molecular complexity index is 434. The van der Waals surface area contributed by atoms with Crippen LogP contribution in [0.15, 0.2) is 24.3 Å². The molecule has 0 atom stereocenters. The molecule has 0 aliphatic carbocycles. The normalized spacial score (nSPS) is 17.9.